The van der Waals surface area contributed by atoms with Crippen molar-refractivity contribution in [3.8, 4) is 17.8 Å². The van der Waals surface area contributed by atoms with Crippen molar-refractivity contribution in [2.45, 2.75) is 62.9 Å². The van der Waals surface area contributed by atoms with E-state index in [1.807, 2.05) is 0 Å². The number of carbonyl (C=O) groups is 5. The molecule has 76 heavy (non-hydrogen) atoms. The van der Waals surface area contributed by atoms with Crippen LogP contribution in [0.1, 0.15) is 57.7 Å². The molecule has 3 fully saturated rings. The first-order chi connectivity index (χ1) is 37.1. The highest BCUT2D eigenvalue weighted by Gasteiger charge is 2.45. The predicted octanol–water partition coefficient (Wildman–Crippen LogP) is 3.32. The van der Waals surface area contributed by atoms with Crippen molar-refractivity contribution in [2.24, 2.45) is 0 Å². The van der Waals surface area contributed by atoms with E-state index in [2.05, 4.69) is 82.2 Å². The topological polar surface area (TPSA) is 228 Å². The maximum atomic E-state index is 13.0. The number of carbonyl (C=O) groups excluding carboxylic acids is 5. The van der Waals surface area contributed by atoms with Crippen LogP contribution in [0.5, 0.6) is 11.8 Å². The van der Waals surface area contributed by atoms with Gasteiger partial charge in [-0.05, 0) is 62.0 Å². The van der Waals surface area contributed by atoms with Crippen LogP contribution < -0.4 is 24.6 Å². The van der Waals surface area contributed by atoms with Crippen LogP contribution in [0, 0.1) is 11.3 Å². The molecule has 5 aliphatic rings. The summed E-state index contributed by atoms with van der Waals surface area (Å²) in [6.45, 7) is 11.4. The summed E-state index contributed by atoms with van der Waals surface area (Å²) in [5, 5.41) is 14.2. The number of fused-ring (bicyclic) bond motifs is 3. The molecular formula is C55H65N9O12. The van der Waals surface area contributed by atoms with Gasteiger partial charge in [-0.1, -0.05) is 43.0 Å². The SMILES string of the molecule is C=CC(=O)N1CCN(c2nc(OC[C@@H]3C[C@@H](OCCOCCOCCOCCOCCOc4ccc5c(c4)C(=O)N(C4CCC(=O)NC4=O)C5=O)CN3C)nc3c2CCN(c2cccc4ccccc24)C3)C[C@@H]1CC#N. The number of benzene rings is 3. The Hall–Kier alpha value is -7.06. The Morgan fingerprint density at radius 1 is 0.789 bits per heavy atom. The van der Waals surface area contributed by atoms with Crippen LogP contribution in [0.3, 0.4) is 0 Å². The lowest BCUT2D eigenvalue weighted by Gasteiger charge is -2.42. The van der Waals surface area contributed by atoms with E-state index in [0.717, 1.165) is 53.6 Å². The minimum absolute atomic E-state index is 0.0133. The largest absolute Gasteiger partial charge is 0.491 e. The molecule has 402 valence electrons. The highest BCUT2D eigenvalue weighted by Crippen LogP contribution is 2.36. The smallest absolute Gasteiger partial charge is 0.318 e. The fourth-order valence-electron chi connectivity index (χ4n) is 10.4. The van der Waals surface area contributed by atoms with Gasteiger partial charge in [0.15, 0.2) is 0 Å². The predicted molar refractivity (Wildman–Crippen MR) is 277 cm³/mol. The lowest BCUT2D eigenvalue weighted by atomic mass is 10.0. The Bertz CT molecular complexity index is 2800. The molecule has 0 saturated carbocycles. The van der Waals surface area contributed by atoms with Crippen LogP contribution in [0.15, 0.2) is 73.3 Å². The number of nitrogens with zero attached hydrogens (tertiary/aromatic N) is 8. The zero-order valence-corrected chi connectivity index (χ0v) is 42.9. The van der Waals surface area contributed by atoms with Crippen LogP contribution in [-0.4, -0.2) is 191 Å². The van der Waals surface area contributed by atoms with Gasteiger partial charge in [-0.15, -0.1) is 0 Å². The zero-order chi connectivity index (χ0) is 53.0. The number of piperazine rings is 1. The number of amides is 5. The Kier molecular flexibility index (Phi) is 18.1. The van der Waals surface area contributed by atoms with Crippen LogP contribution in [0.25, 0.3) is 10.8 Å². The number of likely N-dealkylation sites (N-methyl/N-ethyl adjacent to an activating group) is 1. The number of imide groups is 2. The average molecular weight is 1040 g/mol. The van der Waals surface area contributed by atoms with E-state index in [1.54, 1.807) is 11.0 Å². The summed E-state index contributed by atoms with van der Waals surface area (Å²) in [6, 6.07) is 20.7. The molecule has 21 nitrogen and oxygen atoms in total. The summed E-state index contributed by atoms with van der Waals surface area (Å²) in [5.74, 6) is -1.24. The van der Waals surface area contributed by atoms with Crippen molar-refractivity contribution in [1.29, 1.82) is 5.26 Å². The Balaban J connectivity index is 0.648. The fourth-order valence-corrected chi connectivity index (χ4v) is 10.4. The van der Waals surface area contributed by atoms with Crippen molar-refractivity contribution in [2.75, 3.05) is 122 Å². The first-order valence-corrected chi connectivity index (χ1v) is 26.0. The summed E-state index contributed by atoms with van der Waals surface area (Å²) in [6.07, 6.45) is 3.18. The van der Waals surface area contributed by atoms with Gasteiger partial charge >= 0.3 is 6.01 Å². The van der Waals surface area contributed by atoms with E-state index in [0.29, 0.717) is 97.4 Å². The standard InChI is InChI=1S/C55H65N9O12/c1-3-50(66)63-20-19-62(33-38(63)15-17-56)51-44-16-18-61(47-10-6-8-37-7-4-5-9-42(37)47)35-46(44)57-55(59-51)76-36-39-31-41(34-60(39)2)75-30-28-73-26-24-71-22-21-70-23-25-72-27-29-74-40-11-12-43-45(32-40)54(69)64(53(43)68)48-13-14-49(65)58-52(48)67/h3-12,32,38-39,41,48H,1,13-16,18-31,33-36H2,2H3,(H,58,65,67)/t38-,39-,41+,48?/m0/s1. The van der Waals surface area contributed by atoms with E-state index in [1.165, 1.54) is 29.0 Å². The molecule has 0 aliphatic carbocycles. The summed E-state index contributed by atoms with van der Waals surface area (Å²) in [4.78, 5) is 82.1. The Morgan fingerprint density at radius 3 is 2.26 bits per heavy atom. The molecule has 5 aliphatic heterocycles. The van der Waals surface area contributed by atoms with Gasteiger partial charge in [0.25, 0.3) is 11.8 Å². The van der Waals surface area contributed by atoms with Crippen molar-refractivity contribution in [3.05, 3.63) is 95.7 Å². The number of hydrogen-bond acceptors (Lipinski definition) is 18. The highest BCUT2D eigenvalue weighted by molar-refractivity contribution is 6.23. The third-order valence-electron chi connectivity index (χ3n) is 14.4. The minimum atomic E-state index is -1.03. The molecule has 21 heteroatoms. The zero-order valence-electron chi connectivity index (χ0n) is 42.9. The fraction of sp³-hybridized carbons (Fsp3) is 0.491. The lowest BCUT2D eigenvalue weighted by Crippen LogP contribution is -2.55. The average Bonchev–Trinajstić information content (AvgIpc) is 3.92. The molecule has 0 bridgehead atoms. The first kappa shape index (κ1) is 53.8. The molecule has 3 aromatic carbocycles. The Morgan fingerprint density at radius 2 is 1.51 bits per heavy atom. The number of hydrogen-bond donors (Lipinski definition) is 1. The second kappa shape index (κ2) is 25.7. The van der Waals surface area contributed by atoms with Crippen LogP contribution >= 0.6 is 0 Å². The quantitative estimate of drug-likeness (QED) is 0.0571. The molecule has 4 atom stereocenters. The van der Waals surface area contributed by atoms with Crippen molar-refractivity contribution >= 4 is 51.8 Å². The van der Waals surface area contributed by atoms with Gasteiger partial charge in [0.1, 0.15) is 30.8 Å². The maximum absolute atomic E-state index is 13.0. The van der Waals surface area contributed by atoms with Gasteiger partial charge in [0, 0.05) is 61.8 Å². The second-order valence-corrected chi connectivity index (χ2v) is 19.2. The Labute approximate surface area is 441 Å². The molecule has 4 aromatic rings. The normalized spacial score (nSPS) is 20.7. The number of aromatic nitrogens is 2. The number of nitriles is 1. The molecule has 9 rings (SSSR count). The summed E-state index contributed by atoms with van der Waals surface area (Å²) < 4.78 is 41.0. The van der Waals surface area contributed by atoms with E-state index in [9.17, 15) is 29.2 Å². The number of nitrogens with one attached hydrogen (secondary N) is 1. The van der Waals surface area contributed by atoms with Gasteiger partial charge < -0.3 is 47.9 Å². The van der Waals surface area contributed by atoms with Crippen LogP contribution in [0.2, 0.25) is 0 Å². The van der Waals surface area contributed by atoms with E-state index in [4.69, 9.17) is 43.1 Å². The third kappa shape index (κ3) is 12.8. The first-order valence-electron chi connectivity index (χ1n) is 26.0. The van der Waals surface area contributed by atoms with E-state index < -0.39 is 29.7 Å². The van der Waals surface area contributed by atoms with Crippen LogP contribution in [0.4, 0.5) is 11.5 Å². The number of likely N-dealkylation sites (tertiary alicyclic amines) is 1. The summed E-state index contributed by atoms with van der Waals surface area (Å²) in [7, 11) is 2.07. The van der Waals surface area contributed by atoms with Crippen molar-refractivity contribution in [3.63, 3.8) is 0 Å². The monoisotopic (exact) mass is 1040 g/mol. The van der Waals surface area contributed by atoms with Gasteiger partial charge in [-0.2, -0.15) is 15.2 Å². The molecule has 5 amide bonds. The molecule has 3 saturated heterocycles. The van der Waals surface area contributed by atoms with Crippen molar-refractivity contribution in [1.82, 2.24) is 30.0 Å². The maximum Gasteiger partial charge on any atom is 0.318 e. The van der Waals surface area contributed by atoms with Crippen molar-refractivity contribution < 1.29 is 57.1 Å². The van der Waals surface area contributed by atoms with Crippen LogP contribution in [-0.2, 0) is 51.0 Å². The molecule has 0 radical (unpaired) electrons. The number of piperidine rings is 1. The van der Waals surface area contributed by atoms with Gasteiger partial charge in [-0.3, -0.25) is 39.1 Å². The highest BCUT2D eigenvalue weighted by atomic mass is 16.6. The molecular weight excluding hydrogens is 979 g/mol. The number of ether oxygens (including phenoxy) is 7. The second-order valence-electron chi connectivity index (χ2n) is 19.2. The molecule has 1 N–H and O–H groups in total. The van der Waals surface area contributed by atoms with Gasteiger partial charge in [0.05, 0.1) is 107 Å². The summed E-state index contributed by atoms with van der Waals surface area (Å²) >= 11 is 0. The van der Waals surface area contributed by atoms with Gasteiger partial charge in [-0.25, -0.2) is 0 Å². The minimum Gasteiger partial charge on any atom is -0.491 e. The summed E-state index contributed by atoms with van der Waals surface area (Å²) in [5.41, 5.74) is 3.46. The molecule has 0 spiro atoms. The molecule has 6 heterocycles. The molecule has 1 unspecified atom stereocenters. The van der Waals surface area contributed by atoms with E-state index in [-0.39, 0.29) is 67.7 Å². The third-order valence-corrected chi connectivity index (χ3v) is 14.4. The number of anilines is 2. The van der Waals surface area contributed by atoms with E-state index >= 15 is 0 Å². The van der Waals surface area contributed by atoms with Gasteiger partial charge in [0.2, 0.25) is 17.7 Å². The number of rotatable bonds is 25. The lowest BCUT2D eigenvalue weighted by molar-refractivity contribution is -0.136. The molecule has 1 aromatic heterocycles.